The highest BCUT2D eigenvalue weighted by Gasteiger charge is 2.17. The second kappa shape index (κ2) is 7.56. The Morgan fingerprint density at radius 3 is 2.79 bits per heavy atom. The van der Waals surface area contributed by atoms with Gasteiger partial charge >= 0.3 is 0 Å². The van der Waals surface area contributed by atoms with Crippen LogP contribution in [0.2, 0.25) is 0 Å². The van der Waals surface area contributed by atoms with Gasteiger partial charge in [0.1, 0.15) is 11.6 Å². The van der Waals surface area contributed by atoms with Crippen molar-refractivity contribution in [1.82, 2.24) is 15.1 Å². The SMILES string of the molecule is CNC(=O)c1cc(-n2ncc3cc(N(C)c4ccccc4OC)c(F)cc32)cs1. The van der Waals surface area contributed by atoms with Gasteiger partial charge in [-0.2, -0.15) is 5.10 Å². The average Bonchev–Trinajstić information content (AvgIpc) is 3.38. The lowest BCUT2D eigenvalue weighted by Gasteiger charge is -2.22. The van der Waals surface area contributed by atoms with E-state index in [1.54, 1.807) is 49.1 Å². The van der Waals surface area contributed by atoms with Crippen LogP contribution in [0.3, 0.4) is 0 Å². The Morgan fingerprint density at radius 1 is 1.24 bits per heavy atom. The van der Waals surface area contributed by atoms with E-state index >= 15 is 4.39 Å². The summed E-state index contributed by atoms with van der Waals surface area (Å²) in [5.74, 6) is 0.115. The van der Waals surface area contributed by atoms with Crippen molar-refractivity contribution in [2.75, 3.05) is 26.1 Å². The minimum Gasteiger partial charge on any atom is -0.495 e. The highest BCUT2D eigenvalue weighted by Crippen LogP contribution is 2.35. The number of halogens is 1. The maximum atomic E-state index is 15.1. The Labute approximate surface area is 171 Å². The predicted molar refractivity (Wildman–Crippen MR) is 113 cm³/mol. The molecule has 148 valence electrons. The van der Waals surface area contributed by atoms with E-state index in [4.69, 9.17) is 4.74 Å². The molecule has 29 heavy (non-hydrogen) atoms. The molecule has 0 saturated carbocycles. The van der Waals surface area contributed by atoms with Crippen LogP contribution < -0.4 is 15.0 Å². The van der Waals surface area contributed by atoms with Crippen LogP contribution in [-0.4, -0.2) is 36.9 Å². The number of ether oxygens (including phenoxy) is 1. The molecule has 0 aliphatic rings. The first-order valence-corrected chi connectivity index (χ1v) is 9.76. The number of para-hydroxylation sites is 2. The van der Waals surface area contributed by atoms with Crippen molar-refractivity contribution in [2.24, 2.45) is 0 Å². The number of benzene rings is 2. The molecular weight excluding hydrogens is 391 g/mol. The molecule has 8 heteroatoms. The van der Waals surface area contributed by atoms with E-state index in [2.05, 4.69) is 10.4 Å². The number of carbonyl (C=O) groups is 1. The second-order valence-corrected chi connectivity index (χ2v) is 7.31. The summed E-state index contributed by atoms with van der Waals surface area (Å²) in [6, 6.07) is 12.4. The van der Waals surface area contributed by atoms with Crippen molar-refractivity contribution >= 4 is 39.5 Å². The summed E-state index contributed by atoms with van der Waals surface area (Å²) >= 11 is 1.31. The Morgan fingerprint density at radius 2 is 2.03 bits per heavy atom. The first kappa shape index (κ1) is 18.9. The van der Waals surface area contributed by atoms with Gasteiger partial charge in [-0.1, -0.05) is 12.1 Å². The number of amides is 1. The van der Waals surface area contributed by atoms with Crippen molar-refractivity contribution in [3.8, 4) is 11.4 Å². The molecule has 0 spiro atoms. The molecular formula is C21H19FN4O2S. The van der Waals surface area contributed by atoms with Crippen molar-refractivity contribution in [1.29, 1.82) is 0 Å². The van der Waals surface area contributed by atoms with Gasteiger partial charge in [0.05, 0.1) is 40.8 Å². The van der Waals surface area contributed by atoms with Gasteiger partial charge in [0, 0.05) is 30.9 Å². The number of nitrogens with zero attached hydrogens (tertiary/aromatic N) is 3. The molecule has 0 radical (unpaired) electrons. The molecule has 6 nitrogen and oxygen atoms in total. The average molecular weight is 410 g/mol. The summed E-state index contributed by atoms with van der Waals surface area (Å²) in [6.45, 7) is 0. The summed E-state index contributed by atoms with van der Waals surface area (Å²) < 4.78 is 22.1. The van der Waals surface area contributed by atoms with Gasteiger partial charge in [-0.25, -0.2) is 9.07 Å². The Bertz CT molecular complexity index is 1200. The second-order valence-electron chi connectivity index (χ2n) is 6.40. The van der Waals surface area contributed by atoms with E-state index in [-0.39, 0.29) is 11.7 Å². The number of hydrogen-bond acceptors (Lipinski definition) is 5. The fourth-order valence-corrected chi connectivity index (χ4v) is 4.03. The molecule has 2 heterocycles. The number of fused-ring (bicyclic) bond motifs is 1. The molecule has 1 amide bonds. The molecule has 4 aromatic rings. The first-order chi connectivity index (χ1) is 14.0. The molecule has 0 aliphatic heterocycles. The van der Waals surface area contributed by atoms with Crippen LogP contribution in [0.4, 0.5) is 15.8 Å². The number of thiophene rings is 1. The monoisotopic (exact) mass is 410 g/mol. The van der Waals surface area contributed by atoms with E-state index in [1.807, 2.05) is 29.6 Å². The fourth-order valence-electron chi connectivity index (χ4n) is 3.22. The summed E-state index contributed by atoms with van der Waals surface area (Å²) in [4.78, 5) is 14.1. The van der Waals surface area contributed by atoms with E-state index in [1.165, 1.54) is 17.4 Å². The minimum absolute atomic E-state index is 0.162. The molecule has 2 aromatic heterocycles. The molecule has 0 unspecified atom stereocenters. The third-order valence-corrected chi connectivity index (χ3v) is 5.64. The van der Waals surface area contributed by atoms with Crippen LogP contribution in [0.25, 0.3) is 16.6 Å². The van der Waals surface area contributed by atoms with Crippen LogP contribution in [0.15, 0.2) is 54.0 Å². The third kappa shape index (κ3) is 3.31. The maximum Gasteiger partial charge on any atom is 0.261 e. The van der Waals surface area contributed by atoms with Crippen LogP contribution >= 0.6 is 11.3 Å². The molecule has 0 bridgehead atoms. The zero-order valence-electron chi connectivity index (χ0n) is 16.1. The Kier molecular flexibility index (Phi) is 4.94. The highest BCUT2D eigenvalue weighted by molar-refractivity contribution is 7.12. The number of methoxy groups -OCH3 is 1. The lowest BCUT2D eigenvalue weighted by Crippen LogP contribution is -2.16. The van der Waals surface area contributed by atoms with Crippen LogP contribution in [0.1, 0.15) is 9.67 Å². The highest BCUT2D eigenvalue weighted by atomic mass is 32.1. The van der Waals surface area contributed by atoms with Gasteiger partial charge in [-0.05, 0) is 24.3 Å². The third-order valence-electron chi connectivity index (χ3n) is 4.73. The number of nitrogens with one attached hydrogen (secondary N) is 1. The lowest BCUT2D eigenvalue weighted by molar-refractivity contribution is 0.0967. The van der Waals surface area contributed by atoms with Crippen LogP contribution in [-0.2, 0) is 0 Å². The summed E-state index contributed by atoms with van der Waals surface area (Å²) in [6.07, 6.45) is 1.69. The van der Waals surface area contributed by atoms with Gasteiger partial charge in [0.15, 0.2) is 0 Å². The molecule has 0 saturated heterocycles. The van der Waals surface area contributed by atoms with E-state index in [0.717, 1.165) is 11.1 Å². The molecule has 0 atom stereocenters. The number of hydrogen-bond donors (Lipinski definition) is 1. The van der Waals surface area contributed by atoms with E-state index in [9.17, 15) is 4.79 Å². The van der Waals surface area contributed by atoms with Crippen LogP contribution in [0, 0.1) is 5.82 Å². The van der Waals surface area contributed by atoms with E-state index < -0.39 is 0 Å². The first-order valence-electron chi connectivity index (χ1n) is 8.88. The quantitative estimate of drug-likeness (QED) is 0.531. The molecule has 0 aliphatic carbocycles. The molecule has 0 fully saturated rings. The summed E-state index contributed by atoms with van der Waals surface area (Å²) in [5.41, 5.74) is 2.52. The largest absolute Gasteiger partial charge is 0.495 e. The van der Waals surface area contributed by atoms with Gasteiger partial charge in [0.2, 0.25) is 0 Å². The fraction of sp³-hybridized carbons (Fsp3) is 0.143. The minimum atomic E-state index is -0.380. The normalized spacial score (nSPS) is 10.9. The molecule has 1 N–H and O–H groups in total. The number of rotatable bonds is 5. The van der Waals surface area contributed by atoms with Gasteiger partial charge in [-0.3, -0.25) is 4.79 Å². The Balaban J connectivity index is 1.76. The molecule has 4 rings (SSSR count). The van der Waals surface area contributed by atoms with Gasteiger partial charge in [0.25, 0.3) is 5.91 Å². The molecule has 2 aromatic carbocycles. The lowest BCUT2D eigenvalue weighted by atomic mass is 10.2. The number of aromatic nitrogens is 2. The van der Waals surface area contributed by atoms with E-state index in [0.29, 0.717) is 27.5 Å². The van der Waals surface area contributed by atoms with Gasteiger partial charge in [-0.15, -0.1) is 11.3 Å². The van der Waals surface area contributed by atoms with Crippen molar-refractivity contribution < 1.29 is 13.9 Å². The Hall–Kier alpha value is -3.39. The maximum absolute atomic E-state index is 15.1. The van der Waals surface area contributed by atoms with Crippen molar-refractivity contribution in [3.05, 3.63) is 64.7 Å². The zero-order chi connectivity index (χ0) is 20.5. The van der Waals surface area contributed by atoms with Gasteiger partial charge < -0.3 is 15.0 Å². The predicted octanol–water partition coefficient (Wildman–Crippen LogP) is 4.36. The van der Waals surface area contributed by atoms with Crippen molar-refractivity contribution in [3.63, 3.8) is 0 Å². The summed E-state index contributed by atoms with van der Waals surface area (Å²) in [5, 5.41) is 9.60. The number of carbonyl (C=O) groups excluding carboxylic acids is 1. The topological polar surface area (TPSA) is 59.4 Å². The standard InChI is InChI=1S/C21H19FN4O2S/c1-23-21(27)20-9-14(12-29-20)26-17-10-15(22)18(8-13(17)11-24-26)25(2)16-6-4-5-7-19(16)28-3/h4-12H,1-3H3,(H,23,27). The smallest absolute Gasteiger partial charge is 0.261 e. The number of anilines is 2. The zero-order valence-corrected chi connectivity index (χ0v) is 17.0. The summed E-state index contributed by atoms with van der Waals surface area (Å²) in [7, 11) is 4.96. The van der Waals surface area contributed by atoms with Crippen LogP contribution in [0.5, 0.6) is 5.75 Å². The van der Waals surface area contributed by atoms with Crippen molar-refractivity contribution in [2.45, 2.75) is 0 Å².